The Hall–Kier alpha value is -2.09. The van der Waals surface area contributed by atoms with Gasteiger partial charge in [0.1, 0.15) is 5.75 Å². The smallest absolute Gasteiger partial charge is 0.303 e. The number of carbonyl (C=O) groups is 3. The maximum atomic E-state index is 12.1. The minimum absolute atomic E-state index is 0.0785. The number of benzene rings is 1. The summed E-state index contributed by atoms with van der Waals surface area (Å²) >= 11 is 3.29. The monoisotopic (exact) mass is 370 g/mol. The van der Waals surface area contributed by atoms with E-state index >= 15 is 0 Å². The van der Waals surface area contributed by atoms with Gasteiger partial charge in [0.25, 0.3) is 11.8 Å². The molecule has 0 atom stereocenters. The summed E-state index contributed by atoms with van der Waals surface area (Å²) in [5.41, 5.74) is 0.911. The number of anilines is 1. The molecule has 22 heavy (non-hydrogen) atoms. The Morgan fingerprint density at radius 1 is 1.36 bits per heavy atom. The highest BCUT2D eigenvalue weighted by Gasteiger charge is 2.20. The van der Waals surface area contributed by atoms with E-state index in [-0.39, 0.29) is 24.8 Å². The first kappa shape index (κ1) is 16.3. The molecule has 0 radical (unpaired) electrons. The van der Waals surface area contributed by atoms with Crippen molar-refractivity contribution in [3.05, 3.63) is 22.2 Å². The number of aliphatic carboxylic acids is 1. The van der Waals surface area contributed by atoms with Crippen LogP contribution in [0.2, 0.25) is 0 Å². The zero-order valence-corrected chi connectivity index (χ0v) is 13.2. The van der Waals surface area contributed by atoms with Crippen LogP contribution in [0.4, 0.5) is 5.69 Å². The van der Waals surface area contributed by atoms with Crippen molar-refractivity contribution in [3.63, 3.8) is 0 Å². The van der Waals surface area contributed by atoms with E-state index in [9.17, 15) is 14.4 Å². The van der Waals surface area contributed by atoms with E-state index in [2.05, 4.69) is 26.6 Å². The lowest BCUT2D eigenvalue weighted by Crippen LogP contribution is -2.27. The Labute approximate surface area is 135 Å². The third-order valence-corrected chi connectivity index (χ3v) is 3.71. The SMILES string of the molecule is O=C(O)CCCCNC(=O)c1cc2c(cc1Br)NC(=O)CO2. The molecule has 7 nitrogen and oxygen atoms in total. The number of ether oxygens (including phenoxy) is 1. The summed E-state index contributed by atoms with van der Waals surface area (Å²) in [4.78, 5) is 33.7. The van der Waals surface area contributed by atoms with Crippen molar-refractivity contribution >= 4 is 39.4 Å². The fraction of sp³-hybridized carbons (Fsp3) is 0.357. The van der Waals surface area contributed by atoms with Crippen LogP contribution in [0.5, 0.6) is 5.75 Å². The molecule has 1 aromatic rings. The molecule has 3 N–H and O–H groups in total. The summed E-state index contributed by atoms with van der Waals surface area (Å²) < 4.78 is 5.81. The van der Waals surface area contributed by atoms with Gasteiger partial charge in [-0.05, 0) is 40.9 Å². The number of hydrogen-bond acceptors (Lipinski definition) is 4. The minimum atomic E-state index is -0.844. The lowest BCUT2D eigenvalue weighted by Gasteiger charge is -2.19. The van der Waals surface area contributed by atoms with Crippen molar-refractivity contribution in [3.8, 4) is 5.75 Å². The first-order chi connectivity index (χ1) is 10.5. The molecule has 1 aliphatic rings. The molecule has 1 aliphatic heterocycles. The predicted molar refractivity (Wildman–Crippen MR) is 82.1 cm³/mol. The van der Waals surface area contributed by atoms with Gasteiger partial charge in [0.05, 0.1) is 11.3 Å². The Morgan fingerprint density at radius 3 is 2.86 bits per heavy atom. The van der Waals surface area contributed by atoms with Crippen molar-refractivity contribution in [2.45, 2.75) is 19.3 Å². The van der Waals surface area contributed by atoms with E-state index < -0.39 is 5.97 Å². The van der Waals surface area contributed by atoms with E-state index in [1.54, 1.807) is 12.1 Å². The summed E-state index contributed by atoms with van der Waals surface area (Å²) in [6, 6.07) is 3.18. The molecule has 0 saturated carbocycles. The minimum Gasteiger partial charge on any atom is -0.482 e. The number of carboxylic acids is 1. The number of unbranched alkanes of at least 4 members (excludes halogenated alkanes) is 1. The van der Waals surface area contributed by atoms with Gasteiger partial charge >= 0.3 is 5.97 Å². The predicted octanol–water partition coefficient (Wildman–Crippen LogP) is 1.76. The Kier molecular flexibility index (Phi) is 5.37. The molecule has 0 bridgehead atoms. The van der Waals surface area contributed by atoms with Gasteiger partial charge in [-0.2, -0.15) is 0 Å². The highest BCUT2D eigenvalue weighted by molar-refractivity contribution is 9.10. The zero-order chi connectivity index (χ0) is 16.1. The number of rotatable bonds is 6. The first-order valence-electron chi connectivity index (χ1n) is 6.73. The van der Waals surface area contributed by atoms with Gasteiger partial charge in [-0.25, -0.2) is 0 Å². The van der Waals surface area contributed by atoms with Crippen LogP contribution in [0.15, 0.2) is 16.6 Å². The maximum Gasteiger partial charge on any atom is 0.303 e. The van der Waals surface area contributed by atoms with Crippen molar-refractivity contribution in [1.82, 2.24) is 5.32 Å². The quantitative estimate of drug-likeness (QED) is 0.661. The van der Waals surface area contributed by atoms with Gasteiger partial charge in [0.15, 0.2) is 6.61 Å². The average Bonchev–Trinajstić information content (AvgIpc) is 2.45. The van der Waals surface area contributed by atoms with Crippen LogP contribution >= 0.6 is 15.9 Å². The van der Waals surface area contributed by atoms with E-state index in [1.807, 2.05) is 0 Å². The van der Waals surface area contributed by atoms with Crippen molar-refractivity contribution in [2.75, 3.05) is 18.5 Å². The van der Waals surface area contributed by atoms with Crippen LogP contribution < -0.4 is 15.4 Å². The molecule has 8 heteroatoms. The molecule has 0 aromatic heterocycles. The zero-order valence-electron chi connectivity index (χ0n) is 11.6. The van der Waals surface area contributed by atoms with E-state index in [0.717, 1.165) is 0 Å². The lowest BCUT2D eigenvalue weighted by atomic mass is 10.1. The Morgan fingerprint density at radius 2 is 2.14 bits per heavy atom. The second-order valence-electron chi connectivity index (χ2n) is 4.77. The molecule has 0 spiro atoms. The second kappa shape index (κ2) is 7.26. The molecule has 1 aromatic carbocycles. The van der Waals surface area contributed by atoms with Crippen molar-refractivity contribution < 1.29 is 24.2 Å². The molecule has 1 heterocycles. The Bertz CT molecular complexity index is 617. The summed E-state index contributed by atoms with van der Waals surface area (Å²) in [5.74, 6) is -0.928. The van der Waals surface area contributed by atoms with Gasteiger partial charge in [0.2, 0.25) is 0 Å². The van der Waals surface area contributed by atoms with Gasteiger partial charge in [-0.15, -0.1) is 0 Å². The average molecular weight is 371 g/mol. The van der Waals surface area contributed by atoms with Crippen LogP contribution in [0.25, 0.3) is 0 Å². The van der Waals surface area contributed by atoms with Gasteiger partial charge in [-0.1, -0.05) is 0 Å². The highest BCUT2D eigenvalue weighted by Crippen LogP contribution is 2.33. The fourth-order valence-corrected chi connectivity index (χ4v) is 2.50. The molecular formula is C14H15BrN2O5. The number of hydrogen-bond donors (Lipinski definition) is 3. The third kappa shape index (κ3) is 4.20. The highest BCUT2D eigenvalue weighted by atomic mass is 79.9. The number of amides is 2. The molecule has 0 unspecified atom stereocenters. The standard InChI is InChI=1S/C14H15BrN2O5/c15-9-6-10-11(22-7-12(18)17-10)5-8(9)14(21)16-4-2-1-3-13(19)20/h5-6H,1-4,7H2,(H,16,21)(H,17,18)(H,19,20). The molecule has 2 rings (SSSR count). The topological polar surface area (TPSA) is 105 Å². The van der Waals surface area contributed by atoms with Crippen LogP contribution in [-0.2, 0) is 9.59 Å². The number of carbonyl (C=O) groups excluding carboxylic acids is 2. The largest absolute Gasteiger partial charge is 0.482 e. The van der Waals surface area contributed by atoms with E-state index in [1.165, 1.54) is 0 Å². The van der Waals surface area contributed by atoms with Gasteiger partial charge < -0.3 is 20.5 Å². The summed E-state index contributed by atoms with van der Waals surface area (Å²) in [6.45, 7) is 0.318. The second-order valence-corrected chi connectivity index (χ2v) is 5.63. The lowest BCUT2D eigenvalue weighted by molar-refractivity contribution is -0.137. The maximum absolute atomic E-state index is 12.1. The molecule has 118 valence electrons. The van der Waals surface area contributed by atoms with Crippen LogP contribution in [0, 0.1) is 0 Å². The van der Waals surface area contributed by atoms with Crippen LogP contribution in [0.3, 0.4) is 0 Å². The van der Waals surface area contributed by atoms with E-state index in [0.29, 0.717) is 40.9 Å². The normalized spacial score (nSPS) is 12.9. The fourth-order valence-electron chi connectivity index (χ4n) is 1.97. The van der Waals surface area contributed by atoms with Gasteiger partial charge in [0, 0.05) is 17.4 Å². The molecule has 0 fully saturated rings. The summed E-state index contributed by atoms with van der Waals surface area (Å²) in [6.07, 6.45) is 1.19. The molecular weight excluding hydrogens is 356 g/mol. The van der Waals surface area contributed by atoms with Gasteiger partial charge in [-0.3, -0.25) is 14.4 Å². The van der Waals surface area contributed by atoms with Crippen molar-refractivity contribution in [2.24, 2.45) is 0 Å². The molecule has 0 aliphatic carbocycles. The summed E-state index contributed by atoms with van der Waals surface area (Å²) in [5, 5.41) is 13.9. The number of fused-ring (bicyclic) bond motifs is 1. The molecule has 0 saturated heterocycles. The number of nitrogens with one attached hydrogen (secondary N) is 2. The van der Waals surface area contributed by atoms with Crippen LogP contribution in [-0.4, -0.2) is 36.0 Å². The van der Waals surface area contributed by atoms with E-state index in [4.69, 9.17) is 9.84 Å². The third-order valence-electron chi connectivity index (χ3n) is 3.05. The number of halogens is 1. The van der Waals surface area contributed by atoms with Crippen molar-refractivity contribution in [1.29, 1.82) is 0 Å². The summed E-state index contributed by atoms with van der Waals surface area (Å²) in [7, 11) is 0. The molecule has 2 amide bonds. The Balaban J connectivity index is 1.95. The number of carboxylic acid groups (broad SMARTS) is 1. The first-order valence-corrected chi connectivity index (χ1v) is 7.53. The van der Waals surface area contributed by atoms with Crippen LogP contribution in [0.1, 0.15) is 29.6 Å².